The highest BCUT2D eigenvalue weighted by atomic mass is 19.1. The standard InChI is InChI=1S/C13H19FN12O4/c1-4-7(3-19-23-15)29-13(9(8(4)14)22-26-18)30-12-6(21-25-17)2-5(20-24-16)10(27)11(12)28/h4-13,27-28H,2-3H2,1H3/t4-,5-,6+,7-,8+,9-,10+,11-,12-,13-/m1/s1. The van der Waals surface area contributed by atoms with Crippen molar-refractivity contribution in [2.45, 2.75) is 68.3 Å². The lowest BCUT2D eigenvalue weighted by Crippen LogP contribution is -2.60. The Hall–Kier alpha value is -2.99. The molecule has 0 aromatic rings. The van der Waals surface area contributed by atoms with Crippen LogP contribution in [0.25, 0.3) is 41.8 Å². The van der Waals surface area contributed by atoms with Crippen molar-refractivity contribution in [2.24, 2.45) is 26.4 Å². The molecule has 2 aliphatic rings. The van der Waals surface area contributed by atoms with Gasteiger partial charge in [0.15, 0.2) is 6.29 Å². The van der Waals surface area contributed by atoms with Crippen LogP contribution in [0.3, 0.4) is 0 Å². The van der Waals surface area contributed by atoms with Gasteiger partial charge in [-0.25, -0.2) is 4.39 Å². The Balaban J connectivity index is 2.33. The van der Waals surface area contributed by atoms with Crippen molar-refractivity contribution >= 4 is 0 Å². The molecule has 0 spiro atoms. The minimum absolute atomic E-state index is 0.159. The zero-order valence-corrected chi connectivity index (χ0v) is 15.6. The highest BCUT2D eigenvalue weighted by Crippen LogP contribution is 2.35. The summed E-state index contributed by atoms with van der Waals surface area (Å²) in [5.74, 6) is -0.810. The Morgan fingerprint density at radius 2 is 1.63 bits per heavy atom. The summed E-state index contributed by atoms with van der Waals surface area (Å²) in [6.45, 7) is 1.25. The van der Waals surface area contributed by atoms with E-state index in [1.54, 1.807) is 0 Å². The zero-order chi connectivity index (χ0) is 22.3. The highest BCUT2D eigenvalue weighted by molar-refractivity contribution is 5.02. The van der Waals surface area contributed by atoms with Gasteiger partial charge in [0, 0.05) is 25.6 Å². The SMILES string of the molecule is C[C@H]1[C@H](F)[C@@H](N=[N+]=[N-])[C@@H](O[C@H]2[C@H](O)[C@@H](O)[C@H](N=[N+]=[N-])C[C@@H]2N=[N+]=[N-])O[C@@H]1CN=[N+]=[N-]. The Bertz CT molecular complexity index is 804. The first-order valence-corrected chi connectivity index (χ1v) is 8.84. The number of rotatable bonds is 7. The average Bonchev–Trinajstić information content (AvgIpc) is 2.73. The lowest BCUT2D eigenvalue weighted by molar-refractivity contribution is -0.271. The van der Waals surface area contributed by atoms with Gasteiger partial charge in [-0.05, 0) is 28.5 Å². The van der Waals surface area contributed by atoms with Crippen molar-refractivity contribution in [1.29, 1.82) is 0 Å². The van der Waals surface area contributed by atoms with Gasteiger partial charge in [-0.1, -0.05) is 27.4 Å². The maximum atomic E-state index is 14.9. The van der Waals surface area contributed by atoms with Crippen molar-refractivity contribution < 1.29 is 24.1 Å². The fourth-order valence-electron chi connectivity index (χ4n) is 3.52. The van der Waals surface area contributed by atoms with Crippen molar-refractivity contribution in [3.63, 3.8) is 0 Å². The highest BCUT2D eigenvalue weighted by Gasteiger charge is 2.49. The Morgan fingerprint density at radius 3 is 2.23 bits per heavy atom. The van der Waals surface area contributed by atoms with E-state index in [0.717, 1.165) is 0 Å². The van der Waals surface area contributed by atoms with Crippen LogP contribution >= 0.6 is 0 Å². The molecule has 1 saturated heterocycles. The van der Waals surface area contributed by atoms with Crippen LogP contribution < -0.4 is 0 Å². The molecule has 30 heavy (non-hydrogen) atoms. The van der Waals surface area contributed by atoms with E-state index in [4.69, 9.17) is 31.6 Å². The van der Waals surface area contributed by atoms with Gasteiger partial charge in [-0.3, -0.25) is 0 Å². The summed E-state index contributed by atoms with van der Waals surface area (Å²) in [6.07, 6.45) is -8.99. The van der Waals surface area contributed by atoms with Gasteiger partial charge < -0.3 is 19.7 Å². The molecule has 0 unspecified atom stereocenters. The van der Waals surface area contributed by atoms with Gasteiger partial charge in [0.2, 0.25) is 0 Å². The van der Waals surface area contributed by atoms with Crippen LogP contribution in [-0.4, -0.2) is 71.8 Å². The fourth-order valence-corrected chi connectivity index (χ4v) is 3.52. The second kappa shape index (κ2) is 10.7. The monoisotopic (exact) mass is 426 g/mol. The van der Waals surface area contributed by atoms with Crippen LogP contribution in [0.2, 0.25) is 0 Å². The van der Waals surface area contributed by atoms with Crippen molar-refractivity contribution in [1.82, 2.24) is 0 Å². The van der Waals surface area contributed by atoms with Crippen molar-refractivity contribution in [3.05, 3.63) is 41.8 Å². The number of azide groups is 4. The molecule has 2 N–H and O–H groups in total. The van der Waals surface area contributed by atoms with Gasteiger partial charge in [-0.2, -0.15) is 0 Å². The van der Waals surface area contributed by atoms with Crippen LogP contribution in [-0.2, 0) is 9.47 Å². The Kier molecular flexibility index (Phi) is 8.30. The number of halogens is 1. The largest absolute Gasteiger partial charge is 0.390 e. The molecule has 162 valence electrons. The molecule has 1 heterocycles. The summed E-state index contributed by atoms with van der Waals surface area (Å²) in [4.78, 5) is 10.4. The van der Waals surface area contributed by atoms with E-state index in [1.165, 1.54) is 6.92 Å². The number of hydrogen-bond acceptors (Lipinski definition) is 8. The molecule has 0 bridgehead atoms. The lowest BCUT2D eigenvalue weighted by Gasteiger charge is -2.45. The predicted molar refractivity (Wildman–Crippen MR) is 97.0 cm³/mol. The van der Waals surface area contributed by atoms with E-state index in [0.29, 0.717) is 0 Å². The molecule has 17 heteroatoms. The number of aliphatic hydroxyl groups excluding tert-OH is 2. The van der Waals surface area contributed by atoms with Crippen LogP contribution in [0.4, 0.5) is 4.39 Å². The summed E-state index contributed by atoms with van der Waals surface area (Å²) in [5, 5.41) is 34.3. The summed E-state index contributed by atoms with van der Waals surface area (Å²) >= 11 is 0. The minimum Gasteiger partial charge on any atom is -0.390 e. The van der Waals surface area contributed by atoms with Crippen LogP contribution in [0.5, 0.6) is 0 Å². The normalized spacial score (nSPS) is 40.7. The molecule has 2 fully saturated rings. The van der Waals surface area contributed by atoms with Gasteiger partial charge in [0.25, 0.3) is 0 Å². The summed E-state index contributed by atoms with van der Waals surface area (Å²) in [5.41, 5.74) is 34.7. The molecular formula is C13H19FN12O4. The molecule has 0 radical (unpaired) electrons. The number of alkyl halides is 1. The summed E-state index contributed by atoms with van der Waals surface area (Å²) in [7, 11) is 0. The molecule has 16 nitrogen and oxygen atoms in total. The van der Waals surface area contributed by atoms with E-state index in [-0.39, 0.29) is 13.0 Å². The number of ether oxygens (including phenoxy) is 2. The molecule has 0 amide bonds. The number of hydrogen-bond donors (Lipinski definition) is 2. The van der Waals surface area contributed by atoms with E-state index in [2.05, 4.69) is 40.1 Å². The van der Waals surface area contributed by atoms with E-state index < -0.39 is 60.9 Å². The lowest BCUT2D eigenvalue weighted by atomic mass is 9.84. The smallest absolute Gasteiger partial charge is 0.169 e. The first kappa shape index (κ1) is 23.3. The number of nitrogens with zero attached hydrogens (tertiary/aromatic N) is 12. The molecule has 1 aliphatic carbocycles. The third-order valence-electron chi connectivity index (χ3n) is 5.15. The van der Waals surface area contributed by atoms with Gasteiger partial charge in [0.1, 0.15) is 18.3 Å². The third kappa shape index (κ3) is 4.94. The fraction of sp³-hybridized carbons (Fsp3) is 1.00. The maximum Gasteiger partial charge on any atom is 0.169 e. The predicted octanol–water partition coefficient (Wildman–Crippen LogP) is 2.54. The van der Waals surface area contributed by atoms with Crippen molar-refractivity contribution in [2.75, 3.05) is 6.54 Å². The second-order valence-electron chi connectivity index (χ2n) is 6.82. The maximum absolute atomic E-state index is 14.9. The summed E-state index contributed by atoms with van der Waals surface area (Å²) in [6, 6.07) is -3.65. The average molecular weight is 426 g/mol. The summed E-state index contributed by atoms with van der Waals surface area (Å²) < 4.78 is 26.1. The quantitative estimate of drug-likeness (QED) is 0.353. The van der Waals surface area contributed by atoms with Crippen molar-refractivity contribution in [3.8, 4) is 0 Å². The van der Waals surface area contributed by atoms with Gasteiger partial charge in [-0.15, -0.1) is 0 Å². The van der Waals surface area contributed by atoms with E-state index in [1.807, 2.05) is 0 Å². The zero-order valence-electron chi connectivity index (χ0n) is 15.6. The third-order valence-corrected chi connectivity index (χ3v) is 5.15. The molecule has 1 aliphatic heterocycles. The Labute approximate surface area is 168 Å². The first-order chi connectivity index (χ1) is 14.4. The molecule has 0 aromatic carbocycles. The minimum atomic E-state index is -1.74. The molecule has 0 aromatic heterocycles. The molecular weight excluding hydrogens is 407 g/mol. The first-order valence-electron chi connectivity index (χ1n) is 8.84. The van der Waals surface area contributed by atoms with E-state index >= 15 is 0 Å². The Morgan fingerprint density at radius 1 is 1.00 bits per heavy atom. The van der Waals surface area contributed by atoms with Gasteiger partial charge >= 0.3 is 0 Å². The van der Waals surface area contributed by atoms with Crippen LogP contribution in [0.15, 0.2) is 20.5 Å². The number of aliphatic hydroxyl groups is 2. The second-order valence-corrected chi connectivity index (χ2v) is 6.82. The molecule has 1 saturated carbocycles. The van der Waals surface area contributed by atoms with Crippen LogP contribution in [0, 0.1) is 5.92 Å². The van der Waals surface area contributed by atoms with Gasteiger partial charge in [0.05, 0.1) is 36.9 Å². The molecule has 2 rings (SSSR count). The van der Waals surface area contributed by atoms with E-state index in [9.17, 15) is 14.6 Å². The van der Waals surface area contributed by atoms with Crippen LogP contribution in [0.1, 0.15) is 13.3 Å². The molecule has 10 atom stereocenters. The topological polar surface area (TPSA) is 254 Å².